The first-order valence-electron chi connectivity index (χ1n) is 12.8. The number of H-pyrrole nitrogens is 1. The lowest BCUT2D eigenvalue weighted by atomic mass is 10.1. The number of para-hydroxylation sites is 2. The fraction of sp³-hybridized carbons (Fsp3) is 0.296. The number of anilines is 1. The number of amides is 1. The third kappa shape index (κ3) is 4.99. The molecular formula is C27H28N8O6. The molecule has 1 aliphatic heterocycles. The van der Waals surface area contributed by atoms with Crippen LogP contribution in [-0.4, -0.2) is 84.7 Å². The molecule has 212 valence electrons. The predicted octanol–water partition coefficient (Wildman–Crippen LogP) is 1.38. The van der Waals surface area contributed by atoms with Crippen LogP contribution in [0.1, 0.15) is 22.4 Å². The number of nitrogens with zero attached hydrogens (tertiary/aromatic N) is 5. The zero-order valence-corrected chi connectivity index (χ0v) is 22.2. The summed E-state index contributed by atoms with van der Waals surface area (Å²) in [4.78, 5) is 34.3. The molecular weight excluding hydrogens is 532 g/mol. The zero-order chi connectivity index (χ0) is 28.5. The molecule has 5 N–H and O–H groups in total. The summed E-state index contributed by atoms with van der Waals surface area (Å²) < 4.78 is 18.1. The number of aliphatic hydroxyl groups excluding tert-OH is 2. The normalized spacial score (nSPS) is 20.4. The van der Waals surface area contributed by atoms with Crippen molar-refractivity contribution in [1.29, 1.82) is 0 Å². The van der Waals surface area contributed by atoms with Gasteiger partial charge in [0.25, 0.3) is 5.91 Å². The second-order valence-corrected chi connectivity index (χ2v) is 9.44. The molecule has 0 unspecified atom stereocenters. The van der Waals surface area contributed by atoms with Crippen LogP contribution in [0.3, 0.4) is 0 Å². The highest BCUT2D eigenvalue weighted by molar-refractivity contribution is 5.95. The Hall–Kier alpha value is -4.79. The number of aliphatic hydroxyl groups is 2. The highest BCUT2D eigenvalue weighted by Gasteiger charge is 2.46. The van der Waals surface area contributed by atoms with Crippen molar-refractivity contribution in [2.75, 3.05) is 26.1 Å². The van der Waals surface area contributed by atoms with Crippen molar-refractivity contribution in [3.63, 3.8) is 0 Å². The summed E-state index contributed by atoms with van der Waals surface area (Å²) >= 11 is 0. The van der Waals surface area contributed by atoms with E-state index in [4.69, 9.17) is 14.2 Å². The Balaban J connectivity index is 1.27. The summed E-state index contributed by atoms with van der Waals surface area (Å²) in [6.07, 6.45) is -0.216. The molecule has 1 amide bonds. The van der Waals surface area contributed by atoms with E-state index in [0.717, 1.165) is 16.9 Å². The van der Waals surface area contributed by atoms with Gasteiger partial charge in [-0.3, -0.25) is 9.36 Å². The molecule has 4 atom stereocenters. The molecule has 1 fully saturated rings. The average Bonchev–Trinajstić information content (AvgIpc) is 3.71. The predicted molar refractivity (Wildman–Crippen MR) is 147 cm³/mol. The largest absolute Gasteiger partial charge is 0.497 e. The second-order valence-electron chi connectivity index (χ2n) is 9.44. The number of hydrogen-bond donors (Lipinski definition) is 5. The zero-order valence-electron chi connectivity index (χ0n) is 22.2. The maximum Gasteiger partial charge on any atom is 0.252 e. The van der Waals surface area contributed by atoms with Crippen LogP contribution in [0.4, 0.5) is 5.82 Å². The second kappa shape index (κ2) is 11.0. The molecule has 5 aromatic rings. The fourth-order valence-electron chi connectivity index (χ4n) is 4.89. The van der Waals surface area contributed by atoms with Crippen LogP contribution in [0.25, 0.3) is 22.2 Å². The average molecular weight is 561 g/mol. The maximum absolute atomic E-state index is 13.3. The minimum atomic E-state index is -1.22. The molecule has 14 heteroatoms. The van der Waals surface area contributed by atoms with E-state index in [1.54, 1.807) is 22.8 Å². The summed E-state index contributed by atoms with van der Waals surface area (Å²) in [6.45, 7) is -0.0928. The Morgan fingerprint density at radius 3 is 2.63 bits per heavy atom. The number of hydrogen-bond acceptors (Lipinski definition) is 11. The monoisotopic (exact) mass is 560 g/mol. The number of nitrogens with one attached hydrogen (secondary N) is 3. The van der Waals surface area contributed by atoms with Crippen molar-refractivity contribution >= 4 is 33.9 Å². The Kier molecular flexibility index (Phi) is 7.09. The van der Waals surface area contributed by atoms with Crippen LogP contribution >= 0.6 is 0 Å². The van der Waals surface area contributed by atoms with E-state index in [-0.39, 0.29) is 5.56 Å². The van der Waals surface area contributed by atoms with Gasteiger partial charge in [-0.1, -0.05) is 12.1 Å². The standard InChI is InChI=1S/C27H28N8O6/c1-39-15-7-14(8-16(9-15)40-2)26(38)34-21-23(37)19(11-36)41-27(21)35-13-31-22-24(29-12-30-25(22)35)28-10-20-32-17-5-3-4-6-18(17)33-20/h3-9,12-13,19,21,23,27,36-37H,10-11H2,1-2H3,(H,32,33)(H,34,38)(H,28,29,30)/t19-,21-,23-,27-/m1/s1. The van der Waals surface area contributed by atoms with Crippen molar-refractivity contribution < 1.29 is 29.2 Å². The number of fused-ring (bicyclic) bond motifs is 2. The van der Waals surface area contributed by atoms with E-state index in [9.17, 15) is 15.0 Å². The van der Waals surface area contributed by atoms with Gasteiger partial charge in [0.05, 0.1) is 44.7 Å². The lowest BCUT2D eigenvalue weighted by Crippen LogP contribution is -2.46. The number of carbonyl (C=O) groups excluding carboxylic acids is 1. The van der Waals surface area contributed by atoms with Crippen LogP contribution in [0, 0.1) is 0 Å². The van der Waals surface area contributed by atoms with Crippen molar-refractivity contribution in [3.05, 3.63) is 66.5 Å². The minimum Gasteiger partial charge on any atom is -0.497 e. The number of aromatic nitrogens is 6. The number of methoxy groups -OCH3 is 2. The summed E-state index contributed by atoms with van der Waals surface area (Å²) in [5.41, 5.74) is 2.91. The lowest BCUT2D eigenvalue weighted by Gasteiger charge is -2.23. The lowest BCUT2D eigenvalue weighted by molar-refractivity contribution is -0.0440. The molecule has 3 aromatic heterocycles. The maximum atomic E-state index is 13.3. The molecule has 0 saturated carbocycles. The smallest absolute Gasteiger partial charge is 0.252 e. The first-order chi connectivity index (χ1) is 20.0. The molecule has 1 aliphatic rings. The molecule has 2 aromatic carbocycles. The number of ether oxygens (including phenoxy) is 3. The summed E-state index contributed by atoms with van der Waals surface area (Å²) in [7, 11) is 2.97. The van der Waals surface area contributed by atoms with Gasteiger partial charge < -0.3 is 40.0 Å². The van der Waals surface area contributed by atoms with Gasteiger partial charge in [-0.05, 0) is 24.3 Å². The molecule has 41 heavy (non-hydrogen) atoms. The summed E-state index contributed by atoms with van der Waals surface area (Å²) in [5, 5.41) is 26.9. The number of benzene rings is 2. The van der Waals surface area contributed by atoms with Gasteiger partial charge in [0.15, 0.2) is 23.2 Å². The van der Waals surface area contributed by atoms with Crippen molar-refractivity contribution in [1.82, 2.24) is 34.8 Å². The number of rotatable bonds is 9. The van der Waals surface area contributed by atoms with Crippen molar-refractivity contribution in [2.45, 2.75) is 31.0 Å². The third-order valence-electron chi connectivity index (χ3n) is 6.96. The van der Waals surface area contributed by atoms with Crippen LogP contribution in [0.15, 0.2) is 55.1 Å². The van der Waals surface area contributed by atoms with Gasteiger partial charge in [-0.25, -0.2) is 19.9 Å². The van der Waals surface area contributed by atoms with E-state index >= 15 is 0 Å². The summed E-state index contributed by atoms with van der Waals surface area (Å²) in [6, 6.07) is 11.5. The quantitative estimate of drug-likeness (QED) is 0.176. The van der Waals surface area contributed by atoms with Gasteiger partial charge in [-0.2, -0.15) is 0 Å². The minimum absolute atomic E-state index is 0.259. The van der Waals surface area contributed by atoms with E-state index in [2.05, 4.69) is 35.6 Å². The molecule has 0 spiro atoms. The first kappa shape index (κ1) is 26.4. The molecule has 14 nitrogen and oxygen atoms in total. The Bertz CT molecular complexity index is 1650. The van der Waals surface area contributed by atoms with E-state index in [0.29, 0.717) is 35.0 Å². The Labute approximate surface area is 233 Å². The van der Waals surface area contributed by atoms with Gasteiger partial charge >= 0.3 is 0 Å². The van der Waals surface area contributed by atoms with Crippen LogP contribution in [0.5, 0.6) is 11.5 Å². The fourth-order valence-corrected chi connectivity index (χ4v) is 4.89. The highest BCUT2D eigenvalue weighted by atomic mass is 16.5. The van der Waals surface area contributed by atoms with Gasteiger partial charge in [0.1, 0.15) is 41.9 Å². The number of imidazole rings is 2. The molecule has 6 rings (SSSR count). The summed E-state index contributed by atoms with van der Waals surface area (Å²) in [5.74, 6) is 1.56. The van der Waals surface area contributed by atoms with E-state index in [1.807, 2.05) is 24.3 Å². The molecule has 0 radical (unpaired) electrons. The van der Waals surface area contributed by atoms with Crippen LogP contribution < -0.4 is 20.1 Å². The van der Waals surface area contributed by atoms with Gasteiger partial charge in [0.2, 0.25) is 0 Å². The molecule has 0 bridgehead atoms. The molecule has 1 saturated heterocycles. The first-order valence-corrected chi connectivity index (χ1v) is 12.8. The van der Waals surface area contributed by atoms with Crippen LogP contribution in [-0.2, 0) is 11.3 Å². The van der Waals surface area contributed by atoms with Gasteiger partial charge in [-0.15, -0.1) is 0 Å². The topological polar surface area (TPSA) is 182 Å². The Morgan fingerprint density at radius 2 is 1.90 bits per heavy atom. The SMILES string of the molecule is COc1cc(OC)cc(C(=O)N[C@@H]2[C@H](O)[C@@H](CO)O[C@H]2n2cnc3c(NCc4nc5ccccc5[nH]4)ncnc32)c1. The van der Waals surface area contributed by atoms with Crippen LogP contribution in [0.2, 0.25) is 0 Å². The highest BCUT2D eigenvalue weighted by Crippen LogP contribution is 2.33. The van der Waals surface area contributed by atoms with E-state index in [1.165, 1.54) is 26.9 Å². The van der Waals surface area contributed by atoms with Crippen molar-refractivity contribution in [2.24, 2.45) is 0 Å². The van der Waals surface area contributed by atoms with Gasteiger partial charge in [0, 0.05) is 11.6 Å². The number of aromatic amines is 1. The van der Waals surface area contributed by atoms with Crippen molar-refractivity contribution in [3.8, 4) is 11.5 Å². The number of carbonyl (C=O) groups is 1. The Morgan fingerprint density at radius 1 is 1.12 bits per heavy atom. The van der Waals surface area contributed by atoms with E-state index < -0.39 is 37.0 Å². The molecule has 0 aliphatic carbocycles. The molecule has 4 heterocycles. The third-order valence-corrected chi connectivity index (χ3v) is 6.96.